The van der Waals surface area contributed by atoms with Crippen molar-refractivity contribution in [2.45, 2.75) is 25.9 Å². The van der Waals surface area contributed by atoms with Crippen LogP contribution in [-0.4, -0.2) is 51.4 Å². The normalized spacial score (nSPS) is 15.5. The van der Waals surface area contributed by atoms with E-state index >= 15 is 0 Å². The Kier molecular flexibility index (Phi) is 6.10. The van der Waals surface area contributed by atoms with Crippen molar-refractivity contribution in [3.63, 3.8) is 0 Å². The maximum atomic E-state index is 12.7. The first-order valence-electron chi connectivity index (χ1n) is 10.5. The van der Waals surface area contributed by atoms with Crippen molar-refractivity contribution < 1.29 is 4.79 Å². The molecule has 7 heteroatoms. The Morgan fingerprint density at radius 3 is 2.55 bits per heavy atom. The number of benzene rings is 2. The minimum atomic E-state index is -0.302. The third-order valence-corrected chi connectivity index (χ3v) is 5.89. The minimum Gasteiger partial charge on any atom is -0.340 e. The number of aromatic nitrogens is 2. The van der Waals surface area contributed by atoms with Crippen molar-refractivity contribution in [3.8, 4) is 6.07 Å². The summed E-state index contributed by atoms with van der Waals surface area (Å²) < 4.78 is 1.51. The molecule has 2 aromatic carbocycles. The predicted octanol–water partition coefficient (Wildman–Crippen LogP) is 2.50. The van der Waals surface area contributed by atoms with E-state index in [1.165, 1.54) is 10.9 Å². The monoisotopic (exact) mass is 415 g/mol. The van der Waals surface area contributed by atoms with Crippen LogP contribution in [0.4, 0.5) is 0 Å². The molecule has 2 heterocycles. The van der Waals surface area contributed by atoms with Crippen LogP contribution in [0.5, 0.6) is 0 Å². The van der Waals surface area contributed by atoms with Gasteiger partial charge >= 0.3 is 0 Å². The molecular weight excluding hydrogens is 390 g/mol. The molecule has 4 rings (SSSR count). The molecular formula is C24H25N5O2. The molecule has 1 atom stereocenters. The molecule has 1 unspecified atom stereocenters. The van der Waals surface area contributed by atoms with Crippen molar-refractivity contribution in [2.75, 3.05) is 26.2 Å². The summed E-state index contributed by atoms with van der Waals surface area (Å²) in [6.45, 7) is 4.68. The van der Waals surface area contributed by atoms with Crippen LogP contribution < -0.4 is 5.56 Å². The second-order valence-electron chi connectivity index (χ2n) is 7.82. The zero-order valence-electron chi connectivity index (χ0n) is 17.6. The Bertz CT molecular complexity index is 1170. The summed E-state index contributed by atoms with van der Waals surface area (Å²) in [5.41, 5.74) is 2.52. The van der Waals surface area contributed by atoms with E-state index in [1.807, 2.05) is 54.3 Å². The Morgan fingerprint density at radius 2 is 1.84 bits per heavy atom. The highest BCUT2D eigenvalue weighted by Crippen LogP contribution is 2.21. The molecule has 0 aliphatic carbocycles. The fraction of sp³-hybridized carbons (Fsp3) is 0.333. The summed E-state index contributed by atoms with van der Waals surface area (Å²) in [6.07, 6.45) is 1.78. The summed E-state index contributed by atoms with van der Waals surface area (Å²) in [6, 6.07) is 17.4. The van der Waals surface area contributed by atoms with Crippen LogP contribution in [-0.2, 0) is 11.3 Å². The largest absolute Gasteiger partial charge is 0.340 e. The molecule has 1 amide bonds. The first-order valence-corrected chi connectivity index (χ1v) is 10.5. The minimum absolute atomic E-state index is 0.0177. The van der Waals surface area contributed by atoms with E-state index in [1.54, 1.807) is 6.07 Å². The number of carbonyl (C=O) groups is 1. The summed E-state index contributed by atoms with van der Waals surface area (Å²) in [5.74, 6) is 0.0177. The van der Waals surface area contributed by atoms with E-state index < -0.39 is 0 Å². The van der Waals surface area contributed by atoms with Gasteiger partial charge in [-0.1, -0.05) is 42.5 Å². The molecule has 1 aliphatic rings. The lowest BCUT2D eigenvalue weighted by Crippen LogP contribution is -2.49. The van der Waals surface area contributed by atoms with Crippen molar-refractivity contribution in [3.05, 3.63) is 76.3 Å². The number of hydrogen-bond donors (Lipinski definition) is 0. The average Bonchev–Trinajstić information content (AvgIpc) is 2.81. The number of nitriles is 1. The molecule has 158 valence electrons. The van der Waals surface area contributed by atoms with Gasteiger partial charge in [-0.3, -0.25) is 19.1 Å². The Morgan fingerprint density at radius 1 is 1.10 bits per heavy atom. The summed E-state index contributed by atoms with van der Waals surface area (Å²) in [5, 5.41) is 10.2. The van der Waals surface area contributed by atoms with Crippen molar-refractivity contribution in [1.29, 1.82) is 5.26 Å². The molecule has 3 aromatic rings. The highest BCUT2D eigenvalue weighted by atomic mass is 16.2. The van der Waals surface area contributed by atoms with Gasteiger partial charge < -0.3 is 4.90 Å². The van der Waals surface area contributed by atoms with E-state index in [9.17, 15) is 14.9 Å². The molecule has 0 saturated carbocycles. The lowest BCUT2D eigenvalue weighted by Gasteiger charge is -2.37. The maximum Gasteiger partial charge on any atom is 0.261 e. The molecule has 1 saturated heterocycles. The van der Waals surface area contributed by atoms with Gasteiger partial charge in [0.05, 0.1) is 23.3 Å². The standard InChI is InChI=1S/C24H25N5O2/c1-18-6-5-9-20-23(18)26-17-29(24(20)31)11-10-22(30)28-14-12-27(13-15-28)21(16-25)19-7-3-2-4-8-19/h2-9,17,21H,10-15H2,1H3. The van der Waals surface area contributed by atoms with E-state index in [0.717, 1.165) is 11.1 Å². The molecule has 1 aliphatic heterocycles. The second kappa shape index (κ2) is 9.11. The molecule has 7 nitrogen and oxygen atoms in total. The zero-order chi connectivity index (χ0) is 21.8. The van der Waals surface area contributed by atoms with E-state index in [2.05, 4.69) is 16.0 Å². The summed E-state index contributed by atoms with van der Waals surface area (Å²) >= 11 is 0. The van der Waals surface area contributed by atoms with Crippen LogP contribution >= 0.6 is 0 Å². The van der Waals surface area contributed by atoms with Gasteiger partial charge in [-0.05, 0) is 24.1 Å². The second-order valence-corrected chi connectivity index (χ2v) is 7.82. The number of rotatable bonds is 5. The quantitative estimate of drug-likeness (QED) is 0.640. The maximum absolute atomic E-state index is 12.7. The number of piperazine rings is 1. The zero-order valence-corrected chi connectivity index (χ0v) is 17.6. The molecule has 0 spiro atoms. The smallest absolute Gasteiger partial charge is 0.261 e. The number of para-hydroxylation sites is 1. The van der Waals surface area contributed by atoms with Crippen LogP contribution in [0.25, 0.3) is 10.9 Å². The average molecular weight is 415 g/mol. The van der Waals surface area contributed by atoms with Crippen LogP contribution in [0, 0.1) is 18.3 Å². The molecule has 0 N–H and O–H groups in total. The Hall–Kier alpha value is -3.50. The molecule has 1 aromatic heterocycles. The first kappa shape index (κ1) is 20.8. The Balaban J connectivity index is 1.36. The number of fused-ring (bicyclic) bond motifs is 1. The van der Waals surface area contributed by atoms with Crippen LogP contribution in [0.3, 0.4) is 0 Å². The van der Waals surface area contributed by atoms with Crippen molar-refractivity contribution in [1.82, 2.24) is 19.4 Å². The highest BCUT2D eigenvalue weighted by molar-refractivity contribution is 5.80. The lowest BCUT2D eigenvalue weighted by molar-refractivity contribution is -0.133. The van der Waals surface area contributed by atoms with Crippen molar-refractivity contribution in [2.24, 2.45) is 0 Å². The summed E-state index contributed by atoms with van der Waals surface area (Å²) in [7, 11) is 0. The Labute approximate surface area is 181 Å². The topological polar surface area (TPSA) is 82.2 Å². The fourth-order valence-electron chi connectivity index (χ4n) is 4.10. The van der Waals surface area contributed by atoms with Gasteiger partial charge in [-0.15, -0.1) is 0 Å². The molecule has 1 fully saturated rings. The number of carbonyl (C=O) groups excluding carboxylic acids is 1. The van der Waals surface area contributed by atoms with Gasteiger partial charge in [0.15, 0.2) is 0 Å². The predicted molar refractivity (Wildman–Crippen MR) is 118 cm³/mol. The molecule has 0 radical (unpaired) electrons. The number of hydrogen-bond acceptors (Lipinski definition) is 5. The van der Waals surface area contributed by atoms with Crippen LogP contribution in [0.1, 0.15) is 23.6 Å². The van der Waals surface area contributed by atoms with E-state index in [4.69, 9.17) is 0 Å². The molecule has 0 bridgehead atoms. The number of amides is 1. The van der Waals surface area contributed by atoms with Crippen LogP contribution in [0.15, 0.2) is 59.7 Å². The SMILES string of the molecule is Cc1cccc2c(=O)n(CCC(=O)N3CCN(C(C#N)c4ccccc4)CC3)cnc12. The van der Waals surface area contributed by atoms with Gasteiger partial charge in [0.25, 0.3) is 5.56 Å². The van der Waals surface area contributed by atoms with Gasteiger partial charge in [-0.25, -0.2) is 4.98 Å². The van der Waals surface area contributed by atoms with Gasteiger partial charge in [0, 0.05) is 39.1 Å². The number of nitrogens with zero attached hydrogens (tertiary/aromatic N) is 5. The van der Waals surface area contributed by atoms with Crippen molar-refractivity contribution >= 4 is 16.8 Å². The van der Waals surface area contributed by atoms with Crippen LogP contribution in [0.2, 0.25) is 0 Å². The third-order valence-electron chi connectivity index (χ3n) is 5.89. The summed E-state index contributed by atoms with van der Waals surface area (Å²) in [4.78, 5) is 33.8. The van der Waals surface area contributed by atoms with Gasteiger partial charge in [-0.2, -0.15) is 5.26 Å². The van der Waals surface area contributed by atoms with Gasteiger partial charge in [0.2, 0.25) is 5.91 Å². The third kappa shape index (κ3) is 4.35. The lowest BCUT2D eigenvalue weighted by atomic mass is 10.1. The first-order chi connectivity index (χ1) is 15.1. The van der Waals surface area contributed by atoms with Gasteiger partial charge in [0.1, 0.15) is 6.04 Å². The fourth-order valence-corrected chi connectivity index (χ4v) is 4.10. The van der Waals surface area contributed by atoms with E-state index in [0.29, 0.717) is 43.6 Å². The van der Waals surface area contributed by atoms with E-state index in [-0.39, 0.29) is 23.9 Å². The number of aryl methyl sites for hydroxylation is 2. The molecule has 31 heavy (non-hydrogen) atoms. The highest BCUT2D eigenvalue weighted by Gasteiger charge is 2.26.